The maximum atomic E-state index is 11.2. The molecule has 0 aliphatic heterocycles. The summed E-state index contributed by atoms with van der Waals surface area (Å²) in [6.07, 6.45) is 2.27. The van der Waals surface area contributed by atoms with Gasteiger partial charge in [-0.3, -0.25) is 0 Å². The molecule has 0 bridgehead atoms. The predicted octanol–water partition coefficient (Wildman–Crippen LogP) is 1.21. The second-order valence-corrected chi connectivity index (χ2v) is 6.81. The zero-order valence-electron chi connectivity index (χ0n) is 12.4. The normalized spacial score (nSPS) is 11.2. The van der Waals surface area contributed by atoms with E-state index in [4.69, 9.17) is 10.2 Å². The first-order valence-electron chi connectivity index (χ1n) is 6.75. The van der Waals surface area contributed by atoms with Crippen molar-refractivity contribution in [3.8, 4) is 0 Å². The Balaban J connectivity index is 1.61. The van der Waals surface area contributed by atoms with Crippen molar-refractivity contribution in [2.24, 2.45) is 0 Å². The number of H-pyrrole nitrogens is 2. The Morgan fingerprint density at radius 2 is 1.19 bits per heavy atom. The molecular formula is C12H6N8O4S2. The zero-order chi connectivity index (χ0) is 18.3. The van der Waals surface area contributed by atoms with Gasteiger partial charge in [0.05, 0.1) is 0 Å². The van der Waals surface area contributed by atoms with Crippen molar-refractivity contribution < 1.29 is 19.8 Å². The van der Waals surface area contributed by atoms with Gasteiger partial charge in [0.25, 0.3) is 0 Å². The Labute approximate surface area is 150 Å². The topological polar surface area (TPSA) is 184 Å². The summed E-state index contributed by atoms with van der Waals surface area (Å²) in [5.74, 6) is -2.41. The first-order valence-corrected chi connectivity index (χ1v) is 8.90. The lowest BCUT2D eigenvalue weighted by atomic mass is 10.4. The van der Waals surface area contributed by atoms with E-state index in [1.54, 1.807) is 0 Å². The number of carboxylic acid groups (broad SMARTS) is 2. The third-order valence-corrected chi connectivity index (χ3v) is 5.11. The van der Waals surface area contributed by atoms with Gasteiger partial charge in [0.2, 0.25) is 0 Å². The lowest BCUT2D eigenvalue weighted by Gasteiger charge is -1.92. The monoisotopic (exact) mass is 390 g/mol. The number of aromatic nitrogens is 8. The standard InChI is InChI=1S/C12H6N8O4S2/c21-9(22)5-3-7(15-1-13-5)19-11(17-3)25-26-12-18-4-6(10(23)24)14-2-16-8(4)20-12/h1-2H,(H,21,22)(H,23,24)(H,13,15,17,19)(H,14,16,18,20). The van der Waals surface area contributed by atoms with E-state index < -0.39 is 11.9 Å². The van der Waals surface area contributed by atoms with Gasteiger partial charge in [-0.05, 0) is 21.6 Å². The molecule has 4 N–H and O–H groups in total. The zero-order valence-corrected chi connectivity index (χ0v) is 14.0. The van der Waals surface area contributed by atoms with Gasteiger partial charge in [0, 0.05) is 0 Å². The van der Waals surface area contributed by atoms with E-state index in [9.17, 15) is 9.59 Å². The maximum absolute atomic E-state index is 11.2. The van der Waals surface area contributed by atoms with Gasteiger partial charge in [-0.2, -0.15) is 0 Å². The molecule has 0 saturated heterocycles. The summed E-state index contributed by atoms with van der Waals surface area (Å²) in [6.45, 7) is 0. The molecule has 14 heteroatoms. The van der Waals surface area contributed by atoms with Crippen molar-refractivity contribution >= 4 is 55.9 Å². The van der Waals surface area contributed by atoms with E-state index >= 15 is 0 Å². The number of aromatic carboxylic acids is 2. The molecule has 0 unspecified atom stereocenters. The van der Waals surface area contributed by atoms with Crippen LogP contribution in [-0.4, -0.2) is 62.0 Å². The average molecular weight is 390 g/mol. The minimum atomic E-state index is -1.20. The second kappa shape index (κ2) is 6.23. The molecular weight excluding hydrogens is 384 g/mol. The Bertz CT molecular complexity index is 1080. The fraction of sp³-hybridized carbons (Fsp3) is 0. The van der Waals surface area contributed by atoms with Crippen molar-refractivity contribution in [1.29, 1.82) is 0 Å². The average Bonchev–Trinajstić information content (AvgIpc) is 3.21. The molecule has 0 aliphatic rings. The Hall–Kier alpha value is -3.26. The number of rotatable bonds is 5. The van der Waals surface area contributed by atoms with Gasteiger partial charge in [0.1, 0.15) is 23.7 Å². The van der Waals surface area contributed by atoms with E-state index in [0.29, 0.717) is 21.6 Å². The smallest absolute Gasteiger partial charge is 0.356 e. The molecule has 4 rings (SSSR count). The molecule has 0 amide bonds. The number of nitrogens with zero attached hydrogens (tertiary/aromatic N) is 6. The molecule has 0 spiro atoms. The number of imidazole rings is 2. The number of fused-ring (bicyclic) bond motifs is 2. The van der Waals surface area contributed by atoms with E-state index in [1.165, 1.54) is 0 Å². The fourth-order valence-electron chi connectivity index (χ4n) is 2.08. The number of hydrogen-bond acceptors (Lipinski definition) is 10. The number of nitrogens with one attached hydrogen (secondary N) is 2. The second-order valence-electron chi connectivity index (χ2n) is 4.70. The minimum Gasteiger partial charge on any atom is -0.476 e. The molecule has 12 nitrogen and oxygen atoms in total. The molecule has 0 saturated carbocycles. The third-order valence-electron chi connectivity index (χ3n) is 3.13. The predicted molar refractivity (Wildman–Crippen MR) is 89.0 cm³/mol. The van der Waals surface area contributed by atoms with Crippen molar-refractivity contribution in [2.75, 3.05) is 0 Å². The van der Waals surface area contributed by atoms with Crippen LogP contribution in [0.5, 0.6) is 0 Å². The highest BCUT2D eigenvalue weighted by molar-refractivity contribution is 8.76. The van der Waals surface area contributed by atoms with Gasteiger partial charge >= 0.3 is 11.9 Å². The van der Waals surface area contributed by atoms with Gasteiger partial charge in [-0.25, -0.2) is 39.5 Å². The van der Waals surface area contributed by atoms with E-state index in [0.717, 1.165) is 34.2 Å². The number of carbonyl (C=O) groups is 2. The molecule has 26 heavy (non-hydrogen) atoms. The van der Waals surface area contributed by atoms with Crippen LogP contribution in [0.3, 0.4) is 0 Å². The molecule has 4 aromatic heterocycles. The SMILES string of the molecule is O=C(O)c1ncnc2[nH]c(SSc3nc4c(C(=O)O)ncnc4[nH]3)nc12. The molecule has 130 valence electrons. The van der Waals surface area contributed by atoms with Crippen LogP contribution in [0.1, 0.15) is 21.0 Å². The summed E-state index contributed by atoms with van der Waals surface area (Å²) in [5, 5.41) is 19.0. The molecule has 0 aliphatic carbocycles. The van der Waals surface area contributed by atoms with Crippen LogP contribution in [-0.2, 0) is 0 Å². The molecule has 0 radical (unpaired) electrons. The summed E-state index contributed by atoms with van der Waals surface area (Å²) in [7, 11) is 2.30. The van der Waals surface area contributed by atoms with Gasteiger partial charge in [-0.15, -0.1) is 0 Å². The molecule has 4 heterocycles. The van der Waals surface area contributed by atoms with E-state index in [1.807, 2.05) is 0 Å². The van der Waals surface area contributed by atoms with Crippen LogP contribution >= 0.6 is 21.6 Å². The van der Waals surface area contributed by atoms with Crippen molar-refractivity contribution in [1.82, 2.24) is 39.9 Å². The van der Waals surface area contributed by atoms with Gasteiger partial charge in [-0.1, -0.05) is 0 Å². The first kappa shape index (κ1) is 16.2. The maximum Gasteiger partial charge on any atom is 0.356 e. The first-order chi connectivity index (χ1) is 12.5. The van der Waals surface area contributed by atoms with Crippen LogP contribution in [0.15, 0.2) is 23.0 Å². The Morgan fingerprint density at radius 1 is 0.769 bits per heavy atom. The van der Waals surface area contributed by atoms with Crippen LogP contribution in [0.4, 0.5) is 0 Å². The Kier molecular flexibility index (Phi) is 3.89. The highest BCUT2D eigenvalue weighted by atomic mass is 33.1. The minimum absolute atomic E-state index is 0.145. The summed E-state index contributed by atoms with van der Waals surface area (Å²) >= 11 is 0. The van der Waals surface area contributed by atoms with Crippen LogP contribution in [0.25, 0.3) is 22.3 Å². The number of aromatic amines is 2. The quantitative estimate of drug-likeness (QED) is 0.358. The van der Waals surface area contributed by atoms with Crippen molar-refractivity contribution in [3.63, 3.8) is 0 Å². The van der Waals surface area contributed by atoms with Crippen LogP contribution in [0, 0.1) is 0 Å². The van der Waals surface area contributed by atoms with Crippen molar-refractivity contribution in [2.45, 2.75) is 10.3 Å². The van der Waals surface area contributed by atoms with E-state index in [2.05, 4.69) is 39.9 Å². The largest absolute Gasteiger partial charge is 0.476 e. The number of carboxylic acids is 2. The summed E-state index contributed by atoms with van der Waals surface area (Å²) in [4.78, 5) is 51.7. The number of hydrogen-bond donors (Lipinski definition) is 4. The molecule has 0 atom stereocenters. The highest BCUT2D eigenvalue weighted by Crippen LogP contribution is 2.35. The van der Waals surface area contributed by atoms with Gasteiger partial charge < -0.3 is 20.2 Å². The summed E-state index contributed by atoms with van der Waals surface area (Å²) in [5.41, 5.74) is 0.480. The van der Waals surface area contributed by atoms with Crippen molar-refractivity contribution in [3.05, 3.63) is 24.0 Å². The van der Waals surface area contributed by atoms with Gasteiger partial charge in [0.15, 0.2) is 33.0 Å². The summed E-state index contributed by atoms with van der Waals surface area (Å²) in [6, 6.07) is 0. The highest BCUT2D eigenvalue weighted by Gasteiger charge is 2.18. The van der Waals surface area contributed by atoms with Crippen LogP contribution < -0.4 is 0 Å². The Morgan fingerprint density at radius 3 is 1.58 bits per heavy atom. The molecule has 0 fully saturated rings. The third kappa shape index (κ3) is 2.80. The fourth-order valence-corrected chi connectivity index (χ4v) is 3.72. The lowest BCUT2D eigenvalue weighted by molar-refractivity contribution is 0.0681. The lowest BCUT2D eigenvalue weighted by Crippen LogP contribution is -2.01. The molecule has 4 aromatic rings. The molecule has 0 aromatic carbocycles. The summed E-state index contributed by atoms with van der Waals surface area (Å²) < 4.78 is 0. The van der Waals surface area contributed by atoms with Crippen LogP contribution in [0.2, 0.25) is 0 Å². The van der Waals surface area contributed by atoms with E-state index in [-0.39, 0.29) is 22.4 Å².